The molecule has 2 rings (SSSR count). The molecule has 1 unspecified atom stereocenters. The molecule has 7 nitrogen and oxygen atoms in total. The lowest BCUT2D eigenvalue weighted by molar-refractivity contribution is 0.200. The first-order valence-electron chi connectivity index (χ1n) is 8.51. The number of nitrogens with zero attached hydrogens (tertiary/aromatic N) is 2. The number of hydrogen-bond donors (Lipinski definition) is 3. The van der Waals surface area contributed by atoms with E-state index >= 15 is 0 Å². The molecular formula is C19H26N4O3. The molecule has 2 aromatic heterocycles. The zero-order chi connectivity index (χ0) is 19.3. The van der Waals surface area contributed by atoms with Gasteiger partial charge in [-0.05, 0) is 49.4 Å². The van der Waals surface area contributed by atoms with Crippen molar-refractivity contribution < 1.29 is 14.6 Å². The van der Waals surface area contributed by atoms with Crippen molar-refractivity contribution in [2.75, 3.05) is 11.9 Å². The second-order valence-electron chi connectivity index (χ2n) is 7.21. The van der Waals surface area contributed by atoms with Crippen molar-refractivity contribution in [1.82, 2.24) is 9.97 Å². The molecule has 0 saturated heterocycles. The normalized spacial score (nSPS) is 13.3. The largest absolute Gasteiger partial charge is 0.476 e. The summed E-state index contributed by atoms with van der Waals surface area (Å²) in [6.45, 7) is 8.31. The van der Waals surface area contributed by atoms with Gasteiger partial charge in [0.05, 0.1) is 0 Å². The molecule has 4 N–H and O–H groups in total. The Kier molecular flexibility index (Phi) is 6.15. The highest BCUT2D eigenvalue weighted by atomic mass is 16.5. The third-order valence-electron chi connectivity index (χ3n) is 3.81. The van der Waals surface area contributed by atoms with Gasteiger partial charge in [0.1, 0.15) is 12.4 Å². The Morgan fingerprint density at radius 1 is 1.38 bits per heavy atom. The summed E-state index contributed by atoms with van der Waals surface area (Å²) in [6.07, 6.45) is 2.92. The van der Waals surface area contributed by atoms with Gasteiger partial charge in [0, 0.05) is 29.6 Å². The van der Waals surface area contributed by atoms with E-state index in [1.807, 2.05) is 13.8 Å². The number of rotatable bonds is 7. The number of pyridine rings is 2. The van der Waals surface area contributed by atoms with Gasteiger partial charge in [0.25, 0.3) is 0 Å². The lowest BCUT2D eigenvalue weighted by Crippen LogP contribution is -2.43. The minimum Gasteiger partial charge on any atom is -0.476 e. The Bertz CT molecular complexity index is 761. The fourth-order valence-electron chi connectivity index (χ4n) is 3.02. The average Bonchev–Trinajstić information content (AvgIpc) is 2.52. The maximum atomic E-state index is 11.2. The highest BCUT2D eigenvalue weighted by Crippen LogP contribution is 2.32. The van der Waals surface area contributed by atoms with Gasteiger partial charge in [0.15, 0.2) is 0 Å². The van der Waals surface area contributed by atoms with Crippen LogP contribution in [0.25, 0.3) is 11.1 Å². The van der Waals surface area contributed by atoms with Gasteiger partial charge in [-0.3, -0.25) is 10.3 Å². The third-order valence-corrected chi connectivity index (χ3v) is 3.81. The highest BCUT2D eigenvalue weighted by molar-refractivity contribution is 5.89. The number of aromatic nitrogens is 2. The van der Waals surface area contributed by atoms with E-state index in [1.54, 1.807) is 30.6 Å². The number of anilines is 1. The highest BCUT2D eigenvalue weighted by Gasteiger charge is 2.22. The first-order valence-corrected chi connectivity index (χ1v) is 8.51. The maximum Gasteiger partial charge on any atom is 0.410 e. The molecule has 2 heterocycles. The van der Waals surface area contributed by atoms with Crippen LogP contribution in [0.4, 0.5) is 10.6 Å². The number of nitrogens with two attached hydrogens (primary N) is 1. The quantitative estimate of drug-likeness (QED) is 0.696. The fourth-order valence-corrected chi connectivity index (χ4v) is 3.02. The van der Waals surface area contributed by atoms with Crippen LogP contribution in [0.2, 0.25) is 0 Å². The Morgan fingerprint density at radius 2 is 2.04 bits per heavy atom. The van der Waals surface area contributed by atoms with Gasteiger partial charge in [-0.2, -0.15) is 4.98 Å². The van der Waals surface area contributed by atoms with Crippen molar-refractivity contribution in [3.63, 3.8) is 0 Å². The van der Waals surface area contributed by atoms with Gasteiger partial charge in [-0.15, -0.1) is 0 Å². The standard InChI is InChI=1S/C19H26N4O3/c1-12(2)10-19(4,20)11-26-15-9-13(3)16(14-5-7-21-8-6-14)17(22-15)23-18(24)25/h5-9,12H,10-11,20H2,1-4H3,(H,22,23)(H,24,25). The summed E-state index contributed by atoms with van der Waals surface area (Å²) in [5.74, 6) is 1.01. The smallest absolute Gasteiger partial charge is 0.410 e. The third kappa shape index (κ3) is 5.42. The molecule has 1 atom stereocenters. The summed E-state index contributed by atoms with van der Waals surface area (Å²) < 4.78 is 5.78. The summed E-state index contributed by atoms with van der Waals surface area (Å²) in [4.78, 5) is 19.5. The van der Waals surface area contributed by atoms with Crippen LogP contribution in [0, 0.1) is 12.8 Å². The summed E-state index contributed by atoms with van der Waals surface area (Å²) >= 11 is 0. The zero-order valence-corrected chi connectivity index (χ0v) is 15.6. The van der Waals surface area contributed by atoms with Crippen LogP contribution < -0.4 is 15.8 Å². The molecule has 0 saturated carbocycles. The van der Waals surface area contributed by atoms with Crippen molar-refractivity contribution in [3.05, 3.63) is 36.2 Å². The number of hydrogen-bond acceptors (Lipinski definition) is 5. The average molecular weight is 358 g/mol. The molecule has 140 valence electrons. The van der Waals surface area contributed by atoms with E-state index in [1.165, 1.54) is 0 Å². The van der Waals surface area contributed by atoms with Gasteiger partial charge < -0.3 is 15.6 Å². The predicted molar refractivity (Wildman–Crippen MR) is 101 cm³/mol. The summed E-state index contributed by atoms with van der Waals surface area (Å²) in [6, 6.07) is 5.39. The van der Waals surface area contributed by atoms with Crippen molar-refractivity contribution in [3.8, 4) is 17.0 Å². The molecule has 0 radical (unpaired) electrons. The van der Waals surface area contributed by atoms with E-state index in [4.69, 9.17) is 15.6 Å². The van der Waals surface area contributed by atoms with E-state index in [2.05, 4.69) is 29.1 Å². The molecule has 2 aromatic rings. The van der Waals surface area contributed by atoms with Crippen LogP contribution in [0.1, 0.15) is 32.8 Å². The van der Waals surface area contributed by atoms with Crippen molar-refractivity contribution >= 4 is 11.9 Å². The van der Waals surface area contributed by atoms with Crippen LogP contribution >= 0.6 is 0 Å². The SMILES string of the molecule is Cc1cc(OCC(C)(N)CC(C)C)nc(NC(=O)O)c1-c1ccncc1. The number of amides is 1. The Morgan fingerprint density at radius 3 is 2.62 bits per heavy atom. The molecule has 0 spiro atoms. The lowest BCUT2D eigenvalue weighted by Gasteiger charge is -2.26. The Labute approximate surface area is 153 Å². The first-order chi connectivity index (χ1) is 12.2. The van der Waals surface area contributed by atoms with Crippen molar-refractivity contribution in [2.24, 2.45) is 11.7 Å². The zero-order valence-electron chi connectivity index (χ0n) is 15.6. The molecule has 26 heavy (non-hydrogen) atoms. The van der Waals surface area contributed by atoms with E-state index in [-0.39, 0.29) is 5.82 Å². The Balaban J connectivity index is 2.33. The second-order valence-corrected chi connectivity index (χ2v) is 7.21. The number of carbonyl (C=O) groups is 1. The van der Waals surface area contributed by atoms with Crippen molar-refractivity contribution in [2.45, 2.75) is 39.7 Å². The number of ether oxygens (including phenoxy) is 1. The molecule has 0 bridgehead atoms. The summed E-state index contributed by atoms with van der Waals surface area (Å²) in [5, 5.41) is 11.5. The van der Waals surface area contributed by atoms with Gasteiger partial charge >= 0.3 is 6.09 Å². The fraction of sp³-hybridized carbons (Fsp3) is 0.421. The van der Waals surface area contributed by atoms with Crippen LogP contribution in [-0.2, 0) is 0 Å². The predicted octanol–water partition coefficient (Wildman–Crippen LogP) is 3.68. The monoisotopic (exact) mass is 358 g/mol. The summed E-state index contributed by atoms with van der Waals surface area (Å²) in [5.41, 5.74) is 8.14. The first kappa shape index (κ1) is 19.7. The maximum absolute atomic E-state index is 11.2. The molecule has 0 aliphatic heterocycles. The van der Waals surface area contributed by atoms with Crippen molar-refractivity contribution in [1.29, 1.82) is 0 Å². The molecule has 0 aromatic carbocycles. The van der Waals surface area contributed by atoms with Crippen LogP contribution in [-0.4, -0.2) is 33.3 Å². The Hall–Kier alpha value is -2.67. The molecule has 0 fully saturated rings. The number of nitrogens with one attached hydrogen (secondary N) is 1. The minimum atomic E-state index is -1.19. The second kappa shape index (κ2) is 8.14. The van der Waals surface area contributed by atoms with Gasteiger partial charge in [-0.1, -0.05) is 13.8 Å². The molecule has 0 aliphatic rings. The summed E-state index contributed by atoms with van der Waals surface area (Å²) in [7, 11) is 0. The molecular weight excluding hydrogens is 332 g/mol. The van der Waals surface area contributed by atoms with Crippen LogP contribution in [0.15, 0.2) is 30.6 Å². The molecule has 1 amide bonds. The topological polar surface area (TPSA) is 110 Å². The lowest BCUT2D eigenvalue weighted by atomic mass is 9.93. The minimum absolute atomic E-state index is 0.223. The van der Waals surface area contributed by atoms with Gasteiger partial charge in [0.2, 0.25) is 5.88 Å². The van der Waals surface area contributed by atoms with Gasteiger partial charge in [-0.25, -0.2) is 4.79 Å². The van der Waals surface area contributed by atoms with Crippen LogP contribution in [0.3, 0.4) is 0 Å². The number of aryl methyl sites for hydroxylation is 1. The van der Waals surface area contributed by atoms with E-state index in [9.17, 15) is 4.79 Å². The molecule has 7 heteroatoms. The van der Waals surface area contributed by atoms with E-state index in [0.717, 1.165) is 17.5 Å². The van der Waals surface area contributed by atoms with E-state index in [0.29, 0.717) is 24.0 Å². The van der Waals surface area contributed by atoms with E-state index < -0.39 is 11.6 Å². The molecule has 0 aliphatic carbocycles. The van der Waals surface area contributed by atoms with Crippen LogP contribution in [0.5, 0.6) is 5.88 Å². The number of carboxylic acid groups (broad SMARTS) is 1.